The van der Waals surface area contributed by atoms with Gasteiger partial charge in [0.25, 0.3) is 0 Å². The summed E-state index contributed by atoms with van der Waals surface area (Å²) in [7, 11) is -7.49. The molecule has 1 aromatic carbocycles. The first-order chi connectivity index (χ1) is 11.0. The Kier molecular flexibility index (Phi) is 4.58. The third kappa shape index (κ3) is 3.86. The number of nitro groups is 1. The van der Waals surface area contributed by atoms with Crippen molar-refractivity contribution in [3.8, 4) is 11.5 Å². The molecule has 2 aromatic rings. The van der Waals surface area contributed by atoms with Gasteiger partial charge >= 0.3 is 5.82 Å². The van der Waals surface area contributed by atoms with Crippen molar-refractivity contribution >= 4 is 25.5 Å². The van der Waals surface area contributed by atoms with Crippen LogP contribution < -0.4 is 4.74 Å². The standard InChI is InChI=1S/C13H12N2O7S2/c1-23(18,19)9-5-6-10(12(8-9)24(2,20)21)22-11-4-3-7-14-13(11)15(16)17/h3-8H,1-2H3. The molecule has 2 rings (SSSR count). The van der Waals surface area contributed by atoms with Crippen LogP contribution in [0.1, 0.15) is 0 Å². The van der Waals surface area contributed by atoms with Crippen LogP contribution in [0.3, 0.4) is 0 Å². The van der Waals surface area contributed by atoms with Crippen molar-refractivity contribution in [3.63, 3.8) is 0 Å². The van der Waals surface area contributed by atoms with E-state index in [-0.39, 0.29) is 16.4 Å². The molecule has 24 heavy (non-hydrogen) atoms. The molecule has 1 aromatic heterocycles. The molecule has 0 amide bonds. The number of sulfone groups is 2. The number of benzene rings is 1. The molecule has 0 N–H and O–H groups in total. The van der Waals surface area contributed by atoms with Crippen LogP contribution in [0.4, 0.5) is 5.82 Å². The summed E-state index contributed by atoms with van der Waals surface area (Å²) in [5.41, 5.74) is 0. The topological polar surface area (TPSA) is 134 Å². The molecule has 128 valence electrons. The van der Waals surface area contributed by atoms with Gasteiger partial charge in [-0.15, -0.1) is 0 Å². The number of nitrogens with zero attached hydrogens (tertiary/aromatic N) is 2. The van der Waals surface area contributed by atoms with E-state index in [4.69, 9.17) is 4.74 Å². The smallest absolute Gasteiger partial charge is 0.406 e. The molecule has 0 aliphatic rings. The van der Waals surface area contributed by atoms with Gasteiger partial charge in [0.05, 0.1) is 4.90 Å². The van der Waals surface area contributed by atoms with E-state index in [0.29, 0.717) is 0 Å². The first kappa shape index (κ1) is 17.8. The van der Waals surface area contributed by atoms with Gasteiger partial charge in [-0.25, -0.2) is 16.8 Å². The van der Waals surface area contributed by atoms with Gasteiger partial charge in [0.2, 0.25) is 5.75 Å². The highest BCUT2D eigenvalue weighted by atomic mass is 32.2. The lowest BCUT2D eigenvalue weighted by molar-refractivity contribution is -0.390. The molecule has 0 aliphatic carbocycles. The maximum absolute atomic E-state index is 11.9. The van der Waals surface area contributed by atoms with Crippen molar-refractivity contribution in [1.82, 2.24) is 4.98 Å². The van der Waals surface area contributed by atoms with Crippen LogP contribution in [0.5, 0.6) is 11.5 Å². The summed E-state index contributed by atoms with van der Waals surface area (Å²) in [5, 5.41) is 10.9. The summed E-state index contributed by atoms with van der Waals surface area (Å²) < 4.78 is 52.3. The van der Waals surface area contributed by atoms with Gasteiger partial charge in [0.1, 0.15) is 16.8 Å². The molecule has 0 bridgehead atoms. The predicted molar refractivity (Wildman–Crippen MR) is 83.6 cm³/mol. The molecule has 0 saturated carbocycles. The molecule has 0 atom stereocenters. The van der Waals surface area contributed by atoms with Crippen molar-refractivity contribution in [1.29, 1.82) is 0 Å². The number of ether oxygens (including phenoxy) is 1. The Balaban J connectivity index is 2.62. The van der Waals surface area contributed by atoms with E-state index in [1.54, 1.807) is 0 Å². The van der Waals surface area contributed by atoms with Crippen LogP contribution in [0.15, 0.2) is 46.3 Å². The molecule has 0 aliphatic heterocycles. The summed E-state index contributed by atoms with van der Waals surface area (Å²) in [6, 6.07) is 5.86. The zero-order valence-electron chi connectivity index (χ0n) is 12.5. The zero-order valence-corrected chi connectivity index (χ0v) is 14.2. The Labute approximate surface area is 137 Å². The number of hydrogen-bond donors (Lipinski definition) is 0. The molecule has 0 fully saturated rings. The Morgan fingerprint density at radius 3 is 2.25 bits per heavy atom. The molecule has 0 spiro atoms. The van der Waals surface area contributed by atoms with E-state index >= 15 is 0 Å². The largest absolute Gasteiger partial charge is 0.447 e. The van der Waals surface area contributed by atoms with Gasteiger partial charge < -0.3 is 14.9 Å². The van der Waals surface area contributed by atoms with Crippen LogP contribution in [-0.2, 0) is 19.7 Å². The second-order valence-electron chi connectivity index (χ2n) is 4.84. The maximum Gasteiger partial charge on any atom is 0.406 e. The molecular weight excluding hydrogens is 360 g/mol. The average Bonchev–Trinajstić information content (AvgIpc) is 2.45. The third-order valence-corrected chi connectivity index (χ3v) is 5.11. The van der Waals surface area contributed by atoms with Gasteiger partial charge in [-0.1, -0.05) is 0 Å². The monoisotopic (exact) mass is 372 g/mol. The number of pyridine rings is 1. The van der Waals surface area contributed by atoms with Crippen LogP contribution >= 0.6 is 0 Å². The first-order valence-electron chi connectivity index (χ1n) is 6.31. The van der Waals surface area contributed by atoms with Gasteiger partial charge in [0, 0.05) is 12.5 Å². The predicted octanol–water partition coefficient (Wildman–Crippen LogP) is 1.59. The highest BCUT2D eigenvalue weighted by Crippen LogP contribution is 2.34. The molecule has 11 heteroatoms. The van der Waals surface area contributed by atoms with E-state index in [1.807, 2.05) is 0 Å². The minimum Gasteiger partial charge on any atom is -0.447 e. The Hall–Kier alpha value is -2.53. The van der Waals surface area contributed by atoms with Crippen molar-refractivity contribution in [3.05, 3.63) is 46.6 Å². The third-order valence-electron chi connectivity index (χ3n) is 2.89. The Morgan fingerprint density at radius 2 is 1.71 bits per heavy atom. The fourth-order valence-electron chi connectivity index (χ4n) is 1.81. The number of rotatable bonds is 5. The highest BCUT2D eigenvalue weighted by Gasteiger charge is 2.22. The molecular formula is C13H12N2O7S2. The molecule has 0 unspecified atom stereocenters. The van der Waals surface area contributed by atoms with E-state index < -0.39 is 35.3 Å². The van der Waals surface area contributed by atoms with E-state index in [1.165, 1.54) is 18.3 Å². The lowest BCUT2D eigenvalue weighted by Gasteiger charge is -2.11. The number of hydrogen-bond acceptors (Lipinski definition) is 8. The lowest BCUT2D eigenvalue weighted by Crippen LogP contribution is -2.05. The van der Waals surface area contributed by atoms with Crippen molar-refractivity contribution in [2.24, 2.45) is 0 Å². The van der Waals surface area contributed by atoms with Crippen molar-refractivity contribution in [2.75, 3.05) is 12.5 Å². The SMILES string of the molecule is CS(=O)(=O)c1ccc(Oc2cccnc2[N+](=O)[O-])c(S(C)(=O)=O)c1. The van der Waals surface area contributed by atoms with Gasteiger partial charge in [-0.3, -0.25) is 0 Å². The van der Waals surface area contributed by atoms with Crippen LogP contribution in [0.25, 0.3) is 0 Å². The zero-order chi connectivity index (χ0) is 18.1. The Bertz CT molecular complexity index is 1010. The summed E-state index contributed by atoms with van der Waals surface area (Å²) in [6.07, 6.45) is 3.00. The fourth-order valence-corrected chi connectivity index (χ4v) is 3.35. The van der Waals surface area contributed by atoms with Crippen LogP contribution in [-0.4, -0.2) is 39.3 Å². The average molecular weight is 372 g/mol. The van der Waals surface area contributed by atoms with E-state index in [9.17, 15) is 26.9 Å². The summed E-state index contributed by atoms with van der Waals surface area (Å²) in [5.74, 6) is -1.09. The molecule has 0 radical (unpaired) electrons. The van der Waals surface area contributed by atoms with Crippen molar-refractivity contribution in [2.45, 2.75) is 9.79 Å². The minimum atomic E-state index is -3.85. The second kappa shape index (κ2) is 6.17. The van der Waals surface area contributed by atoms with Gasteiger partial charge in [-0.2, -0.15) is 0 Å². The first-order valence-corrected chi connectivity index (χ1v) is 10.1. The quantitative estimate of drug-likeness (QED) is 0.570. The van der Waals surface area contributed by atoms with Gasteiger partial charge in [-0.05, 0) is 40.2 Å². The summed E-state index contributed by atoms with van der Waals surface area (Å²) in [4.78, 5) is 13.1. The summed E-state index contributed by atoms with van der Waals surface area (Å²) >= 11 is 0. The van der Waals surface area contributed by atoms with Crippen LogP contribution in [0.2, 0.25) is 0 Å². The molecule has 0 saturated heterocycles. The normalized spacial score (nSPS) is 11.9. The lowest BCUT2D eigenvalue weighted by atomic mass is 10.3. The van der Waals surface area contributed by atoms with E-state index in [0.717, 1.165) is 30.7 Å². The summed E-state index contributed by atoms with van der Waals surface area (Å²) in [6.45, 7) is 0. The Morgan fingerprint density at radius 1 is 1.04 bits per heavy atom. The highest BCUT2D eigenvalue weighted by molar-refractivity contribution is 7.91. The van der Waals surface area contributed by atoms with Crippen molar-refractivity contribution < 1.29 is 26.5 Å². The second-order valence-corrected chi connectivity index (χ2v) is 8.84. The van der Waals surface area contributed by atoms with Gasteiger partial charge in [0.15, 0.2) is 19.7 Å². The molecule has 1 heterocycles. The van der Waals surface area contributed by atoms with E-state index in [2.05, 4.69) is 4.98 Å². The molecule has 9 nitrogen and oxygen atoms in total. The fraction of sp³-hybridized carbons (Fsp3) is 0.154. The minimum absolute atomic E-state index is 0.212. The maximum atomic E-state index is 11.9. The van der Waals surface area contributed by atoms with Crippen LogP contribution in [0, 0.1) is 10.1 Å². The number of aromatic nitrogens is 1.